The van der Waals surface area contributed by atoms with E-state index < -0.39 is 0 Å². The number of hydrogen-bond acceptors (Lipinski definition) is 2. The molecule has 1 heterocycles. The first-order valence-electron chi connectivity index (χ1n) is 7.45. The summed E-state index contributed by atoms with van der Waals surface area (Å²) in [6.45, 7) is 5.32. The van der Waals surface area contributed by atoms with Crippen LogP contribution in [-0.4, -0.2) is 6.54 Å². The Morgan fingerprint density at radius 3 is 2.85 bits per heavy atom. The molecule has 0 saturated carbocycles. The van der Waals surface area contributed by atoms with Crippen molar-refractivity contribution in [3.63, 3.8) is 0 Å². The van der Waals surface area contributed by atoms with Gasteiger partial charge in [0.15, 0.2) is 0 Å². The fourth-order valence-electron chi connectivity index (χ4n) is 2.60. The first kappa shape index (κ1) is 14.7. The van der Waals surface area contributed by atoms with E-state index in [1.54, 1.807) is 0 Å². The number of aryl methyl sites for hydroxylation is 1. The Bertz CT molecular complexity index is 591. The number of unbranched alkanes of at least 4 members (excludes halogenated alkanes) is 2. The van der Waals surface area contributed by atoms with Gasteiger partial charge in [0.05, 0.1) is 6.04 Å². The van der Waals surface area contributed by atoms with Crippen molar-refractivity contribution in [1.82, 2.24) is 5.32 Å². The van der Waals surface area contributed by atoms with Gasteiger partial charge in [-0.25, -0.2) is 0 Å². The second-order valence-corrected chi connectivity index (χ2v) is 5.13. The van der Waals surface area contributed by atoms with Gasteiger partial charge in [0.2, 0.25) is 0 Å². The minimum Gasteiger partial charge on any atom is -0.459 e. The lowest BCUT2D eigenvalue weighted by Gasteiger charge is -2.12. The molecule has 2 aromatic rings. The quantitative estimate of drug-likeness (QED) is 0.593. The van der Waals surface area contributed by atoms with Crippen LogP contribution in [0.4, 0.5) is 0 Å². The number of hydrogen-bond donors (Lipinski definition) is 1. The van der Waals surface area contributed by atoms with Gasteiger partial charge in [0.25, 0.3) is 0 Å². The molecule has 0 spiro atoms. The Balaban J connectivity index is 2.06. The van der Waals surface area contributed by atoms with Crippen LogP contribution in [0, 0.1) is 12.3 Å². The van der Waals surface area contributed by atoms with Gasteiger partial charge in [0.1, 0.15) is 11.3 Å². The summed E-state index contributed by atoms with van der Waals surface area (Å²) < 4.78 is 6.04. The van der Waals surface area contributed by atoms with Gasteiger partial charge in [-0.05, 0) is 38.8 Å². The van der Waals surface area contributed by atoms with Crippen molar-refractivity contribution in [2.24, 2.45) is 0 Å². The van der Waals surface area contributed by atoms with E-state index in [0.717, 1.165) is 43.6 Å². The Morgan fingerprint density at radius 1 is 1.30 bits per heavy atom. The lowest BCUT2D eigenvalue weighted by Crippen LogP contribution is -2.20. The molecule has 2 heteroatoms. The normalized spacial score (nSPS) is 12.4. The Morgan fingerprint density at radius 2 is 2.10 bits per heavy atom. The topological polar surface area (TPSA) is 25.2 Å². The summed E-state index contributed by atoms with van der Waals surface area (Å²) in [7, 11) is 0. The molecule has 0 aliphatic heterocycles. The van der Waals surface area contributed by atoms with E-state index in [2.05, 4.69) is 37.2 Å². The van der Waals surface area contributed by atoms with Crippen molar-refractivity contribution in [3.8, 4) is 12.3 Å². The van der Waals surface area contributed by atoms with Gasteiger partial charge >= 0.3 is 0 Å². The standard InChI is InChI=1S/C18H23NO/c1-4-6-7-10-13-19-14(3)18-15(5-2)16-11-8-9-12-17(16)20-18/h1,8-9,11-12,14,19H,5-7,10,13H2,2-3H3. The predicted octanol–water partition coefficient (Wildman–Crippen LogP) is 4.45. The van der Waals surface area contributed by atoms with E-state index in [4.69, 9.17) is 10.8 Å². The minimum atomic E-state index is 0.239. The van der Waals surface area contributed by atoms with Crippen LogP contribution in [-0.2, 0) is 6.42 Å². The third kappa shape index (κ3) is 3.23. The zero-order valence-corrected chi connectivity index (χ0v) is 12.4. The number of rotatable bonds is 7. The van der Waals surface area contributed by atoms with Crippen LogP contribution in [0.3, 0.4) is 0 Å². The molecule has 20 heavy (non-hydrogen) atoms. The summed E-state index contributed by atoms with van der Waals surface area (Å²) in [4.78, 5) is 0. The van der Waals surface area contributed by atoms with Crippen LogP contribution in [0.25, 0.3) is 11.0 Å². The highest BCUT2D eigenvalue weighted by Gasteiger charge is 2.17. The molecule has 0 saturated heterocycles. The van der Waals surface area contributed by atoms with E-state index >= 15 is 0 Å². The van der Waals surface area contributed by atoms with E-state index in [9.17, 15) is 0 Å². The second-order valence-electron chi connectivity index (χ2n) is 5.13. The molecule has 106 valence electrons. The van der Waals surface area contributed by atoms with Crippen LogP contribution in [0.15, 0.2) is 28.7 Å². The molecule has 0 aliphatic rings. The third-order valence-corrected chi connectivity index (χ3v) is 3.67. The van der Waals surface area contributed by atoms with Crippen molar-refractivity contribution in [2.75, 3.05) is 6.54 Å². The van der Waals surface area contributed by atoms with Crippen molar-refractivity contribution < 1.29 is 4.42 Å². The van der Waals surface area contributed by atoms with E-state index in [1.807, 2.05) is 12.1 Å². The zero-order valence-electron chi connectivity index (χ0n) is 12.4. The van der Waals surface area contributed by atoms with Gasteiger partial charge in [-0.3, -0.25) is 0 Å². The highest BCUT2D eigenvalue weighted by molar-refractivity contribution is 5.82. The monoisotopic (exact) mass is 269 g/mol. The average molecular weight is 269 g/mol. The number of fused-ring (bicyclic) bond motifs is 1. The van der Waals surface area contributed by atoms with Crippen molar-refractivity contribution in [1.29, 1.82) is 0 Å². The van der Waals surface area contributed by atoms with Gasteiger partial charge in [-0.2, -0.15) is 0 Å². The van der Waals surface area contributed by atoms with Gasteiger partial charge in [-0.1, -0.05) is 25.1 Å². The summed E-state index contributed by atoms with van der Waals surface area (Å²) >= 11 is 0. The summed E-state index contributed by atoms with van der Waals surface area (Å²) in [6.07, 6.45) is 9.30. The molecule has 1 unspecified atom stereocenters. The number of para-hydroxylation sites is 1. The van der Waals surface area contributed by atoms with Crippen molar-refractivity contribution >= 4 is 11.0 Å². The number of terminal acetylenes is 1. The summed E-state index contributed by atoms with van der Waals surface area (Å²) in [5.41, 5.74) is 2.31. The molecule has 2 nitrogen and oxygen atoms in total. The van der Waals surface area contributed by atoms with Gasteiger partial charge < -0.3 is 9.73 Å². The Labute approximate surface area is 121 Å². The van der Waals surface area contributed by atoms with Crippen LogP contribution in [0.1, 0.15) is 50.5 Å². The first-order valence-corrected chi connectivity index (χ1v) is 7.45. The molecule has 2 rings (SSSR count). The molecular weight excluding hydrogens is 246 g/mol. The van der Waals surface area contributed by atoms with E-state index in [0.29, 0.717) is 0 Å². The Hall–Kier alpha value is -1.72. The lowest BCUT2D eigenvalue weighted by molar-refractivity contribution is 0.442. The molecule has 1 N–H and O–H groups in total. The van der Waals surface area contributed by atoms with Crippen LogP contribution >= 0.6 is 0 Å². The number of nitrogens with one attached hydrogen (secondary N) is 1. The maximum Gasteiger partial charge on any atom is 0.134 e. The molecule has 1 aromatic heterocycles. The highest BCUT2D eigenvalue weighted by Crippen LogP contribution is 2.30. The fraction of sp³-hybridized carbons (Fsp3) is 0.444. The molecule has 0 fully saturated rings. The lowest BCUT2D eigenvalue weighted by atomic mass is 10.0. The second kappa shape index (κ2) is 7.17. The average Bonchev–Trinajstić information content (AvgIpc) is 2.85. The van der Waals surface area contributed by atoms with Gasteiger partial charge in [-0.15, -0.1) is 12.3 Å². The van der Waals surface area contributed by atoms with Crippen LogP contribution in [0.2, 0.25) is 0 Å². The highest BCUT2D eigenvalue weighted by atomic mass is 16.3. The molecule has 0 aliphatic carbocycles. The zero-order chi connectivity index (χ0) is 14.4. The van der Waals surface area contributed by atoms with E-state index in [1.165, 1.54) is 10.9 Å². The molecular formula is C18H23NO. The summed E-state index contributed by atoms with van der Waals surface area (Å²) in [5, 5.41) is 4.77. The molecule has 0 radical (unpaired) electrons. The van der Waals surface area contributed by atoms with Crippen LogP contribution < -0.4 is 5.32 Å². The first-order chi connectivity index (χ1) is 9.77. The molecule has 1 aromatic carbocycles. The summed E-state index contributed by atoms with van der Waals surface area (Å²) in [6, 6.07) is 8.51. The molecule has 0 bridgehead atoms. The molecule has 1 atom stereocenters. The van der Waals surface area contributed by atoms with E-state index in [-0.39, 0.29) is 6.04 Å². The SMILES string of the molecule is C#CCCCCNC(C)c1oc2ccccc2c1CC. The summed E-state index contributed by atoms with van der Waals surface area (Å²) in [5.74, 6) is 3.75. The fourth-order valence-corrected chi connectivity index (χ4v) is 2.60. The largest absolute Gasteiger partial charge is 0.459 e. The van der Waals surface area contributed by atoms with Crippen molar-refractivity contribution in [2.45, 2.75) is 45.6 Å². The third-order valence-electron chi connectivity index (χ3n) is 3.67. The van der Waals surface area contributed by atoms with Crippen molar-refractivity contribution in [3.05, 3.63) is 35.6 Å². The number of benzene rings is 1. The maximum atomic E-state index is 6.04. The molecule has 0 amide bonds. The smallest absolute Gasteiger partial charge is 0.134 e. The Kier molecular flexibility index (Phi) is 5.26. The van der Waals surface area contributed by atoms with Crippen LogP contribution in [0.5, 0.6) is 0 Å². The number of furan rings is 1. The predicted molar refractivity (Wildman–Crippen MR) is 84.7 cm³/mol. The maximum absolute atomic E-state index is 6.04. The van der Waals surface area contributed by atoms with Gasteiger partial charge in [0, 0.05) is 17.4 Å². The minimum absolute atomic E-state index is 0.239.